The zero-order valence-corrected chi connectivity index (χ0v) is 11.2. The van der Waals surface area contributed by atoms with Gasteiger partial charge in [-0.15, -0.1) is 0 Å². The second kappa shape index (κ2) is 5.78. The van der Waals surface area contributed by atoms with E-state index in [0.29, 0.717) is 6.73 Å². The van der Waals surface area contributed by atoms with E-state index in [1.165, 1.54) is 0 Å². The number of hydrogen-bond acceptors (Lipinski definition) is 3. The summed E-state index contributed by atoms with van der Waals surface area (Å²) in [6.07, 6.45) is 2.80. The van der Waals surface area contributed by atoms with Gasteiger partial charge >= 0.3 is 0 Å². The molecule has 2 heterocycles. The quantitative estimate of drug-likeness (QED) is 0.760. The van der Waals surface area contributed by atoms with Crippen molar-refractivity contribution in [3.8, 4) is 11.5 Å². The van der Waals surface area contributed by atoms with Crippen LogP contribution in [-0.2, 0) is 11.5 Å². The third-order valence-corrected chi connectivity index (χ3v) is 2.92. The number of aryl methyl sites for hydroxylation is 1. The predicted molar refractivity (Wildman–Crippen MR) is 71.2 cm³/mol. The smallest absolute Gasteiger partial charge is 0.161 e. The molecule has 0 saturated carbocycles. The van der Waals surface area contributed by atoms with Crippen LogP contribution in [0.15, 0.2) is 24.4 Å². The summed E-state index contributed by atoms with van der Waals surface area (Å²) in [6, 6.07) is 5.85. The number of imidazole rings is 1. The van der Waals surface area contributed by atoms with Gasteiger partial charge < -0.3 is 9.30 Å². The number of aromatic nitrogens is 3. The highest BCUT2D eigenvalue weighted by atomic mass is 16.5. The Labute approximate surface area is 108 Å². The van der Waals surface area contributed by atoms with E-state index in [4.69, 9.17) is 4.74 Å². The Kier molecular flexibility index (Phi) is 4.10. The molecular weight excluding hydrogens is 226 g/mol. The third kappa shape index (κ3) is 2.59. The summed E-state index contributed by atoms with van der Waals surface area (Å²) in [5.41, 5.74) is 3.04. The fraction of sp³-hybridized carbons (Fsp3) is 0.429. The molecule has 0 aromatic carbocycles. The van der Waals surface area contributed by atoms with Crippen molar-refractivity contribution in [1.29, 1.82) is 0 Å². The number of rotatable bonds is 5. The van der Waals surface area contributed by atoms with Gasteiger partial charge in [0.15, 0.2) is 5.82 Å². The van der Waals surface area contributed by atoms with Gasteiger partial charge in [0.25, 0.3) is 0 Å². The minimum atomic E-state index is 0.534. The summed E-state index contributed by atoms with van der Waals surface area (Å²) in [5, 5.41) is 0. The SMILES string of the molecule is CCCOCn1c(-c2ccccn2)nc(C)c1C. The first-order chi connectivity index (χ1) is 8.74. The van der Waals surface area contributed by atoms with Crippen molar-refractivity contribution in [3.05, 3.63) is 35.8 Å². The standard InChI is InChI=1S/C14H19N3O/c1-4-9-18-10-17-12(3)11(2)16-14(17)13-7-5-6-8-15-13/h5-8H,4,9-10H2,1-3H3. The van der Waals surface area contributed by atoms with Crippen LogP contribution in [0.1, 0.15) is 24.7 Å². The molecule has 4 nitrogen and oxygen atoms in total. The molecule has 0 bridgehead atoms. The molecule has 0 amide bonds. The van der Waals surface area contributed by atoms with Crippen LogP contribution in [0.5, 0.6) is 0 Å². The lowest BCUT2D eigenvalue weighted by molar-refractivity contribution is 0.0773. The van der Waals surface area contributed by atoms with E-state index in [9.17, 15) is 0 Å². The van der Waals surface area contributed by atoms with Crippen LogP contribution >= 0.6 is 0 Å². The molecule has 0 aliphatic rings. The largest absolute Gasteiger partial charge is 0.361 e. The van der Waals surface area contributed by atoms with Gasteiger partial charge in [-0.05, 0) is 32.4 Å². The second-order valence-electron chi connectivity index (χ2n) is 4.29. The van der Waals surface area contributed by atoms with Crippen LogP contribution in [0.2, 0.25) is 0 Å². The summed E-state index contributed by atoms with van der Waals surface area (Å²) in [5.74, 6) is 0.877. The Balaban J connectivity index is 2.32. The fourth-order valence-corrected chi connectivity index (χ4v) is 1.80. The van der Waals surface area contributed by atoms with E-state index in [0.717, 1.165) is 35.9 Å². The van der Waals surface area contributed by atoms with E-state index in [1.807, 2.05) is 25.1 Å². The van der Waals surface area contributed by atoms with Crippen molar-refractivity contribution in [2.75, 3.05) is 6.61 Å². The van der Waals surface area contributed by atoms with Crippen LogP contribution in [0.3, 0.4) is 0 Å². The molecule has 0 N–H and O–H groups in total. The monoisotopic (exact) mass is 245 g/mol. The Hall–Kier alpha value is -1.68. The molecule has 0 fully saturated rings. The molecular formula is C14H19N3O. The minimum Gasteiger partial charge on any atom is -0.361 e. The molecule has 96 valence electrons. The van der Waals surface area contributed by atoms with E-state index in [1.54, 1.807) is 6.20 Å². The van der Waals surface area contributed by atoms with Crippen LogP contribution in [0, 0.1) is 13.8 Å². The maximum atomic E-state index is 5.62. The summed E-state index contributed by atoms with van der Waals surface area (Å²) in [7, 11) is 0. The molecule has 2 aromatic heterocycles. The highest BCUT2D eigenvalue weighted by Gasteiger charge is 2.13. The van der Waals surface area contributed by atoms with Gasteiger partial charge in [-0.3, -0.25) is 4.98 Å². The second-order valence-corrected chi connectivity index (χ2v) is 4.29. The highest BCUT2D eigenvalue weighted by molar-refractivity contribution is 5.51. The number of ether oxygens (including phenoxy) is 1. The molecule has 0 unspecified atom stereocenters. The zero-order chi connectivity index (χ0) is 13.0. The average Bonchev–Trinajstić information content (AvgIpc) is 2.68. The van der Waals surface area contributed by atoms with Crippen LogP contribution in [0.25, 0.3) is 11.5 Å². The van der Waals surface area contributed by atoms with Gasteiger partial charge in [0.05, 0.1) is 5.69 Å². The molecule has 0 aliphatic heterocycles. The zero-order valence-electron chi connectivity index (χ0n) is 11.2. The molecule has 0 saturated heterocycles. The van der Waals surface area contributed by atoms with Crippen molar-refractivity contribution in [2.45, 2.75) is 33.9 Å². The Morgan fingerprint density at radius 2 is 2.11 bits per heavy atom. The number of hydrogen-bond donors (Lipinski definition) is 0. The van der Waals surface area contributed by atoms with Gasteiger partial charge in [-0.25, -0.2) is 4.98 Å². The van der Waals surface area contributed by atoms with Gasteiger partial charge in [0, 0.05) is 18.5 Å². The first-order valence-electron chi connectivity index (χ1n) is 6.27. The Morgan fingerprint density at radius 3 is 2.78 bits per heavy atom. The van der Waals surface area contributed by atoms with Crippen LogP contribution in [0.4, 0.5) is 0 Å². The van der Waals surface area contributed by atoms with Gasteiger partial charge in [-0.1, -0.05) is 13.0 Å². The van der Waals surface area contributed by atoms with Gasteiger partial charge in [0.1, 0.15) is 12.4 Å². The fourth-order valence-electron chi connectivity index (χ4n) is 1.80. The Bertz CT molecular complexity index is 505. The molecule has 0 spiro atoms. The lowest BCUT2D eigenvalue weighted by atomic mass is 10.3. The first kappa shape index (κ1) is 12.8. The molecule has 18 heavy (non-hydrogen) atoms. The topological polar surface area (TPSA) is 39.9 Å². The maximum absolute atomic E-state index is 5.62. The maximum Gasteiger partial charge on any atom is 0.161 e. The number of nitrogens with zero attached hydrogens (tertiary/aromatic N) is 3. The number of pyridine rings is 1. The summed E-state index contributed by atoms with van der Waals surface area (Å²) in [6.45, 7) is 7.47. The first-order valence-corrected chi connectivity index (χ1v) is 6.27. The van der Waals surface area contributed by atoms with Gasteiger partial charge in [0.2, 0.25) is 0 Å². The van der Waals surface area contributed by atoms with Gasteiger partial charge in [-0.2, -0.15) is 0 Å². The molecule has 0 radical (unpaired) electrons. The van der Waals surface area contributed by atoms with Crippen molar-refractivity contribution in [1.82, 2.24) is 14.5 Å². The third-order valence-electron chi connectivity index (χ3n) is 2.92. The van der Waals surface area contributed by atoms with Crippen molar-refractivity contribution >= 4 is 0 Å². The molecule has 2 aromatic rings. The van der Waals surface area contributed by atoms with Crippen LogP contribution in [-0.4, -0.2) is 21.1 Å². The minimum absolute atomic E-state index is 0.534. The molecule has 4 heteroatoms. The molecule has 0 atom stereocenters. The molecule has 2 rings (SSSR count). The van der Waals surface area contributed by atoms with E-state index < -0.39 is 0 Å². The van der Waals surface area contributed by atoms with Crippen molar-refractivity contribution in [3.63, 3.8) is 0 Å². The summed E-state index contributed by atoms with van der Waals surface area (Å²) >= 11 is 0. The average molecular weight is 245 g/mol. The normalized spacial score (nSPS) is 10.8. The van der Waals surface area contributed by atoms with Crippen molar-refractivity contribution in [2.24, 2.45) is 0 Å². The van der Waals surface area contributed by atoms with Crippen LogP contribution < -0.4 is 0 Å². The summed E-state index contributed by atoms with van der Waals surface area (Å²) in [4.78, 5) is 8.93. The lowest BCUT2D eigenvalue weighted by Gasteiger charge is -2.10. The van der Waals surface area contributed by atoms with Crippen molar-refractivity contribution < 1.29 is 4.74 Å². The lowest BCUT2D eigenvalue weighted by Crippen LogP contribution is -2.07. The van der Waals surface area contributed by atoms with E-state index in [-0.39, 0.29) is 0 Å². The van der Waals surface area contributed by atoms with E-state index in [2.05, 4.69) is 28.4 Å². The summed E-state index contributed by atoms with van der Waals surface area (Å²) < 4.78 is 7.70. The van der Waals surface area contributed by atoms with E-state index >= 15 is 0 Å². The molecule has 0 aliphatic carbocycles. The highest BCUT2D eigenvalue weighted by Crippen LogP contribution is 2.19. The Morgan fingerprint density at radius 1 is 1.28 bits per heavy atom. The predicted octanol–water partition coefficient (Wildman–Crippen LogP) is 2.95.